The van der Waals surface area contributed by atoms with E-state index in [2.05, 4.69) is 19.0 Å². The van der Waals surface area contributed by atoms with Gasteiger partial charge in [-0.3, -0.25) is 4.79 Å². The molecule has 2 saturated heterocycles. The number of hydrogen-bond acceptors (Lipinski definition) is 4. The van der Waals surface area contributed by atoms with Crippen LogP contribution in [0.2, 0.25) is 0 Å². The van der Waals surface area contributed by atoms with Gasteiger partial charge >= 0.3 is 0 Å². The van der Waals surface area contributed by atoms with Crippen LogP contribution in [-0.2, 0) is 9.53 Å². The Kier molecular flexibility index (Phi) is 5.64. The Labute approximate surface area is 150 Å². The van der Waals surface area contributed by atoms with Crippen molar-refractivity contribution in [2.24, 2.45) is 11.3 Å². The maximum atomic E-state index is 12.7. The number of likely N-dealkylation sites (tertiary alicyclic amines) is 1. The van der Waals surface area contributed by atoms with Gasteiger partial charge in [0.1, 0.15) is 5.75 Å². The predicted molar refractivity (Wildman–Crippen MR) is 97.8 cm³/mol. The van der Waals surface area contributed by atoms with Crippen molar-refractivity contribution in [2.45, 2.75) is 19.8 Å². The molecule has 0 unspecified atom stereocenters. The summed E-state index contributed by atoms with van der Waals surface area (Å²) in [5.74, 6) is 1.39. The van der Waals surface area contributed by atoms with Crippen molar-refractivity contribution in [3.63, 3.8) is 0 Å². The Morgan fingerprint density at radius 3 is 2.72 bits per heavy atom. The molecule has 1 aromatic carbocycles. The molecule has 0 radical (unpaired) electrons. The summed E-state index contributed by atoms with van der Waals surface area (Å²) >= 11 is 0. The minimum Gasteiger partial charge on any atom is -0.484 e. The summed E-state index contributed by atoms with van der Waals surface area (Å²) in [7, 11) is 4.22. The van der Waals surface area contributed by atoms with Crippen LogP contribution >= 0.6 is 0 Å². The number of amides is 1. The molecule has 2 heterocycles. The maximum absolute atomic E-state index is 12.7. The zero-order valence-electron chi connectivity index (χ0n) is 15.7. The number of rotatable bonds is 5. The third-order valence-corrected chi connectivity index (χ3v) is 5.68. The van der Waals surface area contributed by atoms with Crippen LogP contribution in [0.5, 0.6) is 5.75 Å². The van der Waals surface area contributed by atoms with Gasteiger partial charge in [0.25, 0.3) is 5.91 Å². The Bertz CT molecular complexity index is 596. The van der Waals surface area contributed by atoms with E-state index >= 15 is 0 Å². The lowest BCUT2D eigenvalue weighted by molar-refractivity contribution is -0.133. The maximum Gasteiger partial charge on any atom is 0.260 e. The molecule has 138 valence electrons. The van der Waals surface area contributed by atoms with Gasteiger partial charge in [0.2, 0.25) is 0 Å². The van der Waals surface area contributed by atoms with Crippen molar-refractivity contribution in [1.29, 1.82) is 0 Å². The van der Waals surface area contributed by atoms with Gasteiger partial charge in [-0.2, -0.15) is 0 Å². The first-order valence-corrected chi connectivity index (χ1v) is 9.19. The molecule has 0 saturated carbocycles. The molecule has 1 spiro atoms. The van der Waals surface area contributed by atoms with Gasteiger partial charge < -0.3 is 19.3 Å². The van der Waals surface area contributed by atoms with E-state index < -0.39 is 0 Å². The Morgan fingerprint density at radius 2 is 2.04 bits per heavy atom. The fraction of sp³-hybridized carbons (Fsp3) is 0.650. The fourth-order valence-corrected chi connectivity index (χ4v) is 4.21. The van der Waals surface area contributed by atoms with E-state index in [1.54, 1.807) is 0 Å². The summed E-state index contributed by atoms with van der Waals surface area (Å²) in [4.78, 5) is 17.0. The number of ether oxygens (including phenoxy) is 2. The standard InChI is InChI=1S/C20H30N2O3/c1-16-6-4-5-7-18(16)25-14-19(23)22-13-17(12-21(2)3)20(15-22)8-10-24-11-9-20/h4-7,17H,8-15H2,1-3H3/t17-/m1/s1. The molecule has 25 heavy (non-hydrogen) atoms. The van der Waals surface area contributed by atoms with E-state index in [4.69, 9.17) is 9.47 Å². The highest BCUT2D eigenvalue weighted by molar-refractivity contribution is 5.78. The third-order valence-electron chi connectivity index (χ3n) is 5.68. The molecule has 2 aliphatic heterocycles. The van der Waals surface area contributed by atoms with Gasteiger partial charge in [-0.15, -0.1) is 0 Å². The van der Waals surface area contributed by atoms with Crippen LogP contribution in [0.25, 0.3) is 0 Å². The monoisotopic (exact) mass is 346 g/mol. The Hall–Kier alpha value is -1.59. The Balaban J connectivity index is 1.64. The van der Waals surface area contributed by atoms with E-state index in [-0.39, 0.29) is 17.9 Å². The molecule has 0 aliphatic carbocycles. The molecule has 3 rings (SSSR count). The second-order valence-electron chi connectivity index (χ2n) is 7.76. The second kappa shape index (κ2) is 7.75. The smallest absolute Gasteiger partial charge is 0.260 e. The molecule has 5 heteroatoms. The van der Waals surface area contributed by atoms with Crippen LogP contribution in [0.3, 0.4) is 0 Å². The summed E-state index contributed by atoms with van der Waals surface area (Å²) in [5.41, 5.74) is 1.27. The Morgan fingerprint density at radius 1 is 1.32 bits per heavy atom. The van der Waals surface area contributed by atoms with Crippen molar-refractivity contribution >= 4 is 5.91 Å². The molecular formula is C20H30N2O3. The molecule has 0 aromatic heterocycles. The van der Waals surface area contributed by atoms with Gasteiger partial charge in [-0.25, -0.2) is 0 Å². The summed E-state index contributed by atoms with van der Waals surface area (Å²) in [6.07, 6.45) is 2.10. The molecule has 1 amide bonds. The summed E-state index contributed by atoms with van der Waals surface area (Å²) in [6.45, 7) is 6.42. The van der Waals surface area contributed by atoms with E-state index in [0.717, 1.165) is 57.0 Å². The minimum absolute atomic E-state index is 0.0929. The van der Waals surface area contributed by atoms with Gasteiger partial charge in [0, 0.05) is 32.8 Å². The molecule has 5 nitrogen and oxygen atoms in total. The molecule has 2 fully saturated rings. The number of benzene rings is 1. The SMILES string of the molecule is Cc1ccccc1OCC(=O)N1C[C@@H](CN(C)C)C2(CCOCC2)C1. The highest BCUT2D eigenvalue weighted by Crippen LogP contribution is 2.44. The number of para-hydroxylation sites is 1. The first kappa shape index (κ1) is 18.2. The van der Waals surface area contributed by atoms with E-state index in [9.17, 15) is 4.79 Å². The number of carbonyl (C=O) groups excluding carboxylic acids is 1. The van der Waals surface area contributed by atoms with Crippen LogP contribution in [-0.4, -0.2) is 69.3 Å². The summed E-state index contributed by atoms with van der Waals surface area (Å²) in [5, 5.41) is 0. The lowest BCUT2D eigenvalue weighted by atomic mass is 9.72. The number of hydrogen-bond donors (Lipinski definition) is 0. The first-order chi connectivity index (χ1) is 12.0. The molecule has 1 aromatic rings. The van der Waals surface area contributed by atoms with Gasteiger partial charge in [0.15, 0.2) is 6.61 Å². The highest BCUT2D eigenvalue weighted by atomic mass is 16.5. The average Bonchev–Trinajstić information content (AvgIpc) is 2.92. The van der Waals surface area contributed by atoms with Crippen LogP contribution in [0.1, 0.15) is 18.4 Å². The number of aryl methyl sites for hydroxylation is 1. The van der Waals surface area contributed by atoms with E-state index in [1.165, 1.54) is 0 Å². The third kappa shape index (κ3) is 4.15. The topological polar surface area (TPSA) is 42.0 Å². The number of carbonyl (C=O) groups is 1. The van der Waals surface area contributed by atoms with Gasteiger partial charge in [0.05, 0.1) is 0 Å². The second-order valence-corrected chi connectivity index (χ2v) is 7.76. The lowest BCUT2D eigenvalue weighted by Gasteiger charge is -2.38. The average molecular weight is 346 g/mol. The van der Waals surface area contributed by atoms with Crippen molar-refractivity contribution in [2.75, 3.05) is 53.6 Å². The van der Waals surface area contributed by atoms with Crippen molar-refractivity contribution in [3.8, 4) is 5.75 Å². The van der Waals surface area contributed by atoms with Crippen molar-refractivity contribution < 1.29 is 14.3 Å². The van der Waals surface area contributed by atoms with Gasteiger partial charge in [-0.1, -0.05) is 18.2 Å². The predicted octanol–water partition coefficient (Wildman–Crippen LogP) is 2.19. The molecular weight excluding hydrogens is 316 g/mol. The quantitative estimate of drug-likeness (QED) is 0.820. The minimum atomic E-state index is 0.0929. The fourth-order valence-electron chi connectivity index (χ4n) is 4.21. The van der Waals surface area contributed by atoms with Gasteiger partial charge in [-0.05, 0) is 56.8 Å². The molecule has 2 aliphatic rings. The summed E-state index contributed by atoms with van der Waals surface area (Å²) < 4.78 is 11.4. The van der Waals surface area contributed by atoms with Crippen LogP contribution < -0.4 is 4.74 Å². The highest BCUT2D eigenvalue weighted by Gasteiger charge is 2.48. The van der Waals surface area contributed by atoms with Crippen molar-refractivity contribution in [1.82, 2.24) is 9.80 Å². The van der Waals surface area contributed by atoms with E-state index in [1.807, 2.05) is 36.1 Å². The number of nitrogens with zero attached hydrogens (tertiary/aromatic N) is 2. The first-order valence-electron chi connectivity index (χ1n) is 9.19. The van der Waals surface area contributed by atoms with Crippen LogP contribution in [0, 0.1) is 18.3 Å². The van der Waals surface area contributed by atoms with E-state index in [0.29, 0.717) is 5.92 Å². The zero-order chi connectivity index (χ0) is 17.9. The molecule has 0 bridgehead atoms. The zero-order valence-corrected chi connectivity index (χ0v) is 15.7. The normalized spacial score (nSPS) is 22.6. The lowest BCUT2D eigenvalue weighted by Crippen LogP contribution is -2.41. The molecule has 1 atom stereocenters. The van der Waals surface area contributed by atoms with Crippen LogP contribution in [0.4, 0.5) is 0 Å². The largest absolute Gasteiger partial charge is 0.484 e. The summed E-state index contributed by atoms with van der Waals surface area (Å²) in [6, 6.07) is 7.83. The van der Waals surface area contributed by atoms with Crippen molar-refractivity contribution in [3.05, 3.63) is 29.8 Å². The molecule has 0 N–H and O–H groups in total. The van der Waals surface area contributed by atoms with Crippen LogP contribution in [0.15, 0.2) is 24.3 Å².